The van der Waals surface area contributed by atoms with Crippen LogP contribution in [0.25, 0.3) is 0 Å². The number of rotatable bonds is 4. The van der Waals surface area contributed by atoms with Crippen LogP contribution in [-0.2, 0) is 17.8 Å². The predicted octanol–water partition coefficient (Wildman–Crippen LogP) is 5.68. The van der Waals surface area contributed by atoms with E-state index in [1.807, 2.05) is 60.7 Å². The van der Waals surface area contributed by atoms with Crippen molar-refractivity contribution >= 4 is 17.8 Å². The molecule has 0 saturated carbocycles. The summed E-state index contributed by atoms with van der Waals surface area (Å²) in [6.07, 6.45) is 0.135. The van der Waals surface area contributed by atoms with Crippen LogP contribution in [0.5, 0.6) is 5.75 Å². The number of hydrogen-bond donors (Lipinski definition) is 0. The first-order valence-corrected chi connectivity index (χ1v) is 10.4. The number of ether oxygens (including phenoxy) is 2. The summed E-state index contributed by atoms with van der Waals surface area (Å²) >= 11 is 6.46. The molecule has 0 saturated heterocycles. The van der Waals surface area contributed by atoms with Gasteiger partial charge in [0.1, 0.15) is 6.61 Å². The Balaban J connectivity index is 1.57. The van der Waals surface area contributed by atoms with Gasteiger partial charge in [-0.2, -0.15) is 0 Å². The first kappa shape index (κ1) is 20.5. The maximum Gasteiger partial charge on any atom is 0.514 e. The third-order valence-electron chi connectivity index (χ3n) is 5.42. The lowest BCUT2D eigenvalue weighted by Crippen LogP contribution is -2.24. The van der Waals surface area contributed by atoms with Crippen LogP contribution in [0.15, 0.2) is 72.8 Å². The van der Waals surface area contributed by atoms with Crippen LogP contribution in [0.4, 0.5) is 4.79 Å². The van der Waals surface area contributed by atoms with Gasteiger partial charge in [-0.05, 0) is 47.9 Å². The molecule has 5 heteroatoms. The van der Waals surface area contributed by atoms with E-state index in [0.29, 0.717) is 10.8 Å². The number of nitrogens with zero attached hydrogens (tertiary/aromatic N) is 1. The lowest BCUT2D eigenvalue weighted by molar-refractivity contribution is 0.0927. The maximum atomic E-state index is 12.3. The topological polar surface area (TPSA) is 38.8 Å². The molecular formula is C25H24ClNO3. The second kappa shape index (κ2) is 9.33. The smallest absolute Gasteiger partial charge is 0.429 e. The van der Waals surface area contributed by atoms with Gasteiger partial charge in [0, 0.05) is 19.0 Å². The molecule has 1 aliphatic rings. The van der Waals surface area contributed by atoms with Crippen molar-refractivity contribution in [3.05, 3.63) is 100 Å². The van der Waals surface area contributed by atoms with Crippen molar-refractivity contribution in [1.82, 2.24) is 4.90 Å². The SMILES string of the molecule is CN1CCc2cc(Cl)c(OC(=O)OCc3ccccc3)cc2[C@H](c2ccccc2)C1. The monoisotopic (exact) mass is 421 g/mol. The second-order valence-corrected chi connectivity index (χ2v) is 7.99. The van der Waals surface area contributed by atoms with Crippen LogP contribution in [0.1, 0.15) is 28.2 Å². The highest BCUT2D eigenvalue weighted by Crippen LogP contribution is 2.37. The summed E-state index contributed by atoms with van der Waals surface area (Å²) in [6.45, 7) is 1.99. The van der Waals surface area contributed by atoms with Crippen molar-refractivity contribution in [3.8, 4) is 5.75 Å². The number of carbonyl (C=O) groups is 1. The molecule has 1 atom stereocenters. The fourth-order valence-electron chi connectivity index (χ4n) is 3.85. The van der Waals surface area contributed by atoms with E-state index in [4.69, 9.17) is 21.1 Å². The molecule has 0 N–H and O–H groups in total. The Kier molecular flexibility index (Phi) is 6.36. The minimum absolute atomic E-state index is 0.152. The molecule has 0 spiro atoms. The van der Waals surface area contributed by atoms with E-state index in [1.54, 1.807) is 0 Å². The summed E-state index contributed by atoms with van der Waals surface area (Å²) in [6, 6.07) is 23.7. The molecule has 3 aromatic carbocycles. The molecule has 0 fully saturated rings. The van der Waals surface area contributed by atoms with Crippen molar-refractivity contribution in [2.75, 3.05) is 20.1 Å². The number of hydrogen-bond acceptors (Lipinski definition) is 4. The highest BCUT2D eigenvalue weighted by molar-refractivity contribution is 6.32. The zero-order valence-electron chi connectivity index (χ0n) is 16.9. The maximum absolute atomic E-state index is 12.3. The van der Waals surface area contributed by atoms with Crippen LogP contribution in [0.2, 0.25) is 5.02 Å². The van der Waals surface area contributed by atoms with Gasteiger partial charge in [0.05, 0.1) is 5.02 Å². The van der Waals surface area contributed by atoms with Crippen molar-refractivity contribution in [1.29, 1.82) is 0 Å². The number of likely N-dealkylation sites (N-methyl/N-ethyl adjacent to an activating group) is 1. The lowest BCUT2D eigenvalue weighted by atomic mass is 9.88. The fourth-order valence-corrected chi connectivity index (χ4v) is 4.07. The summed E-state index contributed by atoms with van der Waals surface area (Å²) in [5.74, 6) is 0.507. The van der Waals surface area contributed by atoms with Gasteiger partial charge in [-0.3, -0.25) is 0 Å². The Bertz CT molecular complexity index is 1010. The minimum Gasteiger partial charge on any atom is -0.429 e. The second-order valence-electron chi connectivity index (χ2n) is 7.58. The predicted molar refractivity (Wildman–Crippen MR) is 118 cm³/mol. The van der Waals surface area contributed by atoms with Crippen LogP contribution >= 0.6 is 11.6 Å². The largest absolute Gasteiger partial charge is 0.514 e. The first-order chi connectivity index (χ1) is 14.6. The minimum atomic E-state index is -0.761. The molecule has 0 amide bonds. The van der Waals surface area contributed by atoms with Gasteiger partial charge in [-0.1, -0.05) is 72.3 Å². The quantitative estimate of drug-likeness (QED) is 0.401. The van der Waals surface area contributed by atoms with Crippen LogP contribution in [0, 0.1) is 0 Å². The normalized spacial score (nSPS) is 16.4. The highest BCUT2D eigenvalue weighted by Gasteiger charge is 2.25. The van der Waals surface area contributed by atoms with Crippen molar-refractivity contribution in [2.45, 2.75) is 18.9 Å². The van der Waals surface area contributed by atoms with Crippen LogP contribution in [0.3, 0.4) is 0 Å². The Morgan fingerprint density at radius 3 is 2.50 bits per heavy atom. The summed E-state index contributed by atoms with van der Waals surface area (Å²) in [5.41, 5.74) is 4.45. The molecule has 0 bridgehead atoms. The van der Waals surface area contributed by atoms with E-state index in [2.05, 4.69) is 24.1 Å². The molecule has 4 nitrogen and oxygen atoms in total. The number of carbonyl (C=O) groups excluding carboxylic acids is 1. The first-order valence-electron chi connectivity index (χ1n) is 10.0. The van der Waals surface area contributed by atoms with Gasteiger partial charge in [0.25, 0.3) is 0 Å². The number of halogens is 1. The summed E-state index contributed by atoms with van der Waals surface area (Å²) < 4.78 is 10.7. The highest BCUT2D eigenvalue weighted by atomic mass is 35.5. The standard InChI is InChI=1S/C25H24ClNO3/c1-27-13-12-20-14-23(26)24(30-25(28)29-17-18-8-4-2-5-9-18)15-21(20)22(16-27)19-10-6-3-7-11-19/h2-11,14-15,22H,12-13,16-17H2,1H3/t22-/m0/s1. The molecule has 0 aromatic heterocycles. The number of fused-ring (bicyclic) bond motifs is 1. The molecule has 30 heavy (non-hydrogen) atoms. The molecule has 1 aliphatic heterocycles. The van der Waals surface area contributed by atoms with E-state index in [-0.39, 0.29) is 12.5 Å². The molecule has 4 rings (SSSR count). The van der Waals surface area contributed by atoms with Crippen LogP contribution in [-0.4, -0.2) is 31.2 Å². The van der Waals surface area contributed by atoms with Crippen molar-refractivity contribution in [3.63, 3.8) is 0 Å². The fraction of sp³-hybridized carbons (Fsp3) is 0.240. The third kappa shape index (κ3) is 4.84. The Hall–Kier alpha value is -2.82. The molecule has 1 heterocycles. The van der Waals surface area contributed by atoms with E-state index < -0.39 is 6.16 Å². The average Bonchev–Trinajstić information content (AvgIpc) is 2.93. The van der Waals surface area contributed by atoms with Crippen LogP contribution < -0.4 is 4.74 Å². The van der Waals surface area contributed by atoms with Gasteiger partial charge < -0.3 is 14.4 Å². The van der Waals surface area contributed by atoms with Gasteiger partial charge in [-0.25, -0.2) is 4.79 Å². The summed E-state index contributed by atoms with van der Waals surface area (Å²) in [4.78, 5) is 14.6. The van der Waals surface area contributed by atoms with Gasteiger partial charge in [0.15, 0.2) is 5.75 Å². The number of benzene rings is 3. The van der Waals surface area contributed by atoms with Gasteiger partial charge in [-0.15, -0.1) is 0 Å². The Morgan fingerprint density at radius 1 is 1.07 bits per heavy atom. The molecular weight excluding hydrogens is 398 g/mol. The molecule has 154 valence electrons. The van der Waals surface area contributed by atoms with E-state index in [0.717, 1.165) is 30.6 Å². The summed E-state index contributed by atoms with van der Waals surface area (Å²) in [7, 11) is 2.13. The van der Waals surface area contributed by atoms with Crippen molar-refractivity contribution < 1.29 is 14.3 Å². The lowest BCUT2D eigenvalue weighted by Gasteiger charge is -2.22. The Labute approximate surface area is 182 Å². The van der Waals surface area contributed by atoms with E-state index >= 15 is 0 Å². The van der Waals surface area contributed by atoms with Crippen molar-refractivity contribution in [2.24, 2.45) is 0 Å². The molecule has 0 unspecified atom stereocenters. The third-order valence-corrected chi connectivity index (χ3v) is 5.72. The average molecular weight is 422 g/mol. The molecule has 3 aromatic rings. The zero-order chi connectivity index (χ0) is 20.9. The Morgan fingerprint density at radius 2 is 1.77 bits per heavy atom. The van der Waals surface area contributed by atoms with E-state index in [1.165, 1.54) is 11.1 Å². The van der Waals surface area contributed by atoms with E-state index in [9.17, 15) is 4.79 Å². The molecule has 0 aliphatic carbocycles. The van der Waals surface area contributed by atoms with Gasteiger partial charge >= 0.3 is 6.16 Å². The summed E-state index contributed by atoms with van der Waals surface area (Å²) in [5, 5.41) is 0.418. The van der Waals surface area contributed by atoms with Gasteiger partial charge in [0.2, 0.25) is 0 Å². The molecule has 0 radical (unpaired) electrons. The zero-order valence-corrected chi connectivity index (χ0v) is 17.6.